The van der Waals surface area contributed by atoms with Crippen molar-refractivity contribution in [3.8, 4) is 5.75 Å². The molecule has 36 heavy (non-hydrogen) atoms. The van der Waals surface area contributed by atoms with Crippen LogP contribution in [0.1, 0.15) is 24.4 Å². The largest absolute Gasteiger partial charge is 0.485 e. The third-order valence-corrected chi connectivity index (χ3v) is 7.33. The van der Waals surface area contributed by atoms with Gasteiger partial charge in [0.2, 0.25) is 6.41 Å². The van der Waals surface area contributed by atoms with Crippen LogP contribution in [0.2, 0.25) is 0 Å². The van der Waals surface area contributed by atoms with Crippen LogP contribution in [-0.4, -0.2) is 58.0 Å². The number of alkyl halides is 2. The maximum atomic E-state index is 13.7. The molecule has 1 aliphatic heterocycles. The van der Waals surface area contributed by atoms with Crippen molar-refractivity contribution in [1.29, 1.82) is 0 Å². The van der Waals surface area contributed by atoms with Gasteiger partial charge in [-0.25, -0.2) is 18.6 Å². The van der Waals surface area contributed by atoms with Gasteiger partial charge in [-0.15, -0.1) is 11.3 Å². The van der Waals surface area contributed by atoms with E-state index in [9.17, 15) is 23.2 Å². The summed E-state index contributed by atoms with van der Waals surface area (Å²) in [6.45, 7) is -0.961. The highest BCUT2D eigenvalue weighted by atomic mass is 32.1. The molecule has 0 radical (unpaired) electrons. The van der Waals surface area contributed by atoms with Crippen LogP contribution in [-0.2, 0) is 11.3 Å². The Hall–Kier alpha value is -3.60. The van der Waals surface area contributed by atoms with E-state index in [0.717, 1.165) is 22.2 Å². The van der Waals surface area contributed by atoms with Crippen molar-refractivity contribution in [2.75, 3.05) is 26.4 Å². The average Bonchev–Trinajstić information content (AvgIpc) is 3.38. The first-order chi connectivity index (χ1) is 17.5. The first-order valence-corrected chi connectivity index (χ1v) is 12.5. The van der Waals surface area contributed by atoms with Crippen LogP contribution in [0.25, 0.3) is 21.1 Å². The number of fused-ring (bicyclic) bond motifs is 2. The molecule has 0 saturated carbocycles. The number of nitrogens with zero attached hydrogens (tertiary/aromatic N) is 4. The van der Waals surface area contributed by atoms with Crippen LogP contribution < -0.4 is 16.0 Å². The van der Waals surface area contributed by atoms with Gasteiger partial charge in [0, 0.05) is 19.1 Å². The SMILES string of the molecule is O=CN1CCC(n2c(=O)n(Cc3ccc4ncsc4c3)c(=O)c3cc(OC(CF)CF)ccc32)CC1. The number of rotatable bonds is 8. The van der Waals surface area contributed by atoms with Crippen molar-refractivity contribution in [3.05, 3.63) is 68.3 Å². The fourth-order valence-electron chi connectivity index (χ4n) is 4.65. The third-order valence-electron chi connectivity index (χ3n) is 6.54. The lowest BCUT2D eigenvalue weighted by Gasteiger charge is -2.31. The zero-order valence-corrected chi connectivity index (χ0v) is 20.1. The van der Waals surface area contributed by atoms with Crippen LogP contribution in [0, 0.1) is 0 Å². The van der Waals surface area contributed by atoms with Crippen LogP contribution in [0.3, 0.4) is 0 Å². The number of benzene rings is 2. The van der Waals surface area contributed by atoms with Gasteiger partial charge in [0.25, 0.3) is 5.56 Å². The van der Waals surface area contributed by atoms with Crippen molar-refractivity contribution < 1.29 is 18.3 Å². The summed E-state index contributed by atoms with van der Waals surface area (Å²) in [7, 11) is 0. The zero-order chi connectivity index (χ0) is 25.2. The lowest BCUT2D eigenvalue weighted by Crippen LogP contribution is -2.44. The van der Waals surface area contributed by atoms with Crippen molar-refractivity contribution in [1.82, 2.24) is 19.0 Å². The van der Waals surface area contributed by atoms with Crippen LogP contribution in [0.5, 0.6) is 5.75 Å². The van der Waals surface area contributed by atoms with E-state index in [1.807, 2.05) is 18.2 Å². The molecule has 0 atom stereocenters. The van der Waals surface area contributed by atoms with E-state index < -0.39 is 30.7 Å². The van der Waals surface area contributed by atoms with E-state index in [4.69, 9.17) is 4.74 Å². The van der Waals surface area contributed by atoms with Crippen molar-refractivity contribution >= 4 is 38.9 Å². The zero-order valence-electron chi connectivity index (χ0n) is 19.3. The Bertz CT molecular complexity index is 1520. The van der Waals surface area contributed by atoms with Gasteiger partial charge in [0.15, 0.2) is 6.10 Å². The van der Waals surface area contributed by atoms with E-state index in [-0.39, 0.29) is 23.7 Å². The lowest BCUT2D eigenvalue weighted by molar-refractivity contribution is -0.119. The summed E-state index contributed by atoms with van der Waals surface area (Å²) in [5.41, 5.74) is 2.82. The minimum Gasteiger partial charge on any atom is -0.485 e. The van der Waals surface area contributed by atoms with Gasteiger partial charge in [-0.05, 0) is 48.7 Å². The first kappa shape index (κ1) is 24.1. The molecule has 2 aromatic heterocycles. The number of thiazole rings is 1. The third kappa shape index (κ3) is 4.50. The minimum absolute atomic E-state index is 0.0529. The Morgan fingerprint density at radius 1 is 1.11 bits per heavy atom. The summed E-state index contributed by atoms with van der Waals surface area (Å²) in [5.74, 6) is 0.151. The molecule has 1 fully saturated rings. The lowest BCUT2D eigenvalue weighted by atomic mass is 10.0. The number of amides is 1. The highest BCUT2D eigenvalue weighted by Gasteiger charge is 2.25. The van der Waals surface area contributed by atoms with E-state index in [0.29, 0.717) is 31.4 Å². The Balaban J connectivity index is 1.64. The van der Waals surface area contributed by atoms with Gasteiger partial charge in [0.1, 0.15) is 19.1 Å². The topological polar surface area (TPSA) is 86.4 Å². The molecule has 8 nitrogen and oxygen atoms in total. The quantitative estimate of drug-likeness (QED) is 0.337. The first-order valence-electron chi connectivity index (χ1n) is 11.6. The minimum atomic E-state index is -1.27. The number of ether oxygens (including phenoxy) is 1. The molecule has 3 heterocycles. The molecular weight excluding hydrogens is 490 g/mol. The fourth-order valence-corrected chi connectivity index (χ4v) is 5.39. The summed E-state index contributed by atoms with van der Waals surface area (Å²) in [6.07, 6.45) is 0.643. The maximum absolute atomic E-state index is 13.7. The normalized spacial score (nSPS) is 14.7. The molecule has 5 rings (SSSR count). The number of carbonyl (C=O) groups excluding carboxylic acids is 1. The molecule has 0 N–H and O–H groups in total. The van der Waals surface area contributed by atoms with Gasteiger partial charge >= 0.3 is 5.69 Å². The van der Waals surface area contributed by atoms with Crippen LogP contribution >= 0.6 is 11.3 Å². The molecule has 11 heteroatoms. The molecule has 0 aliphatic carbocycles. The van der Waals surface area contributed by atoms with Crippen LogP contribution in [0.4, 0.5) is 8.78 Å². The van der Waals surface area contributed by atoms with Crippen LogP contribution in [0.15, 0.2) is 51.5 Å². The summed E-state index contributed by atoms with van der Waals surface area (Å²) in [5, 5.41) is 0.222. The average molecular weight is 515 g/mol. The smallest absolute Gasteiger partial charge is 0.332 e. The van der Waals surface area contributed by atoms with E-state index in [2.05, 4.69) is 4.98 Å². The summed E-state index contributed by atoms with van der Waals surface area (Å²) >= 11 is 1.47. The van der Waals surface area contributed by atoms with Crippen molar-refractivity contribution in [2.24, 2.45) is 0 Å². The van der Waals surface area contributed by atoms with Gasteiger partial charge in [0.05, 0.1) is 33.2 Å². The number of hydrogen-bond acceptors (Lipinski definition) is 6. The molecule has 1 amide bonds. The standard InChI is InChI=1S/C25H24F2N4O4S/c26-11-19(12-27)35-18-2-4-22-20(10-18)24(33)30(13-16-1-3-21-23(9-16)36-14-28-21)25(34)31(22)17-5-7-29(15-32)8-6-17/h1-4,9-10,14-15,17,19H,5-8,11-13H2. The molecule has 0 spiro atoms. The number of carbonyl (C=O) groups is 1. The number of halogens is 2. The monoisotopic (exact) mass is 514 g/mol. The fraction of sp³-hybridized carbons (Fsp3) is 0.360. The second-order valence-electron chi connectivity index (χ2n) is 8.80. The highest BCUT2D eigenvalue weighted by molar-refractivity contribution is 7.16. The predicted octanol–water partition coefficient (Wildman–Crippen LogP) is 3.30. The molecule has 4 aromatic rings. The van der Waals surface area contributed by atoms with E-state index in [1.54, 1.807) is 21.0 Å². The Labute approximate surface area is 208 Å². The second-order valence-corrected chi connectivity index (χ2v) is 9.68. The molecular formula is C25H24F2N4O4S. The molecule has 1 aliphatic rings. The van der Waals surface area contributed by atoms with Crippen molar-refractivity contribution in [3.63, 3.8) is 0 Å². The number of hydrogen-bond donors (Lipinski definition) is 0. The number of aromatic nitrogens is 3. The van der Waals surface area contributed by atoms with Gasteiger partial charge in [-0.1, -0.05) is 6.07 Å². The number of likely N-dealkylation sites (tertiary alicyclic amines) is 1. The maximum Gasteiger partial charge on any atom is 0.332 e. The number of piperidine rings is 1. The second kappa shape index (κ2) is 10.2. The predicted molar refractivity (Wildman–Crippen MR) is 133 cm³/mol. The van der Waals surface area contributed by atoms with E-state index >= 15 is 0 Å². The van der Waals surface area contributed by atoms with Gasteiger partial charge in [-0.2, -0.15) is 0 Å². The molecule has 1 saturated heterocycles. The summed E-state index contributed by atoms with van der Waals surface area (Å²) < 4.78 is 35.2. The molecule has 2 aromatic carbocycles. The van der Waals surface area contributed by atoms with Gasteiger partial charge in [-0.3, -0.25) is 18.7 Å². The molecule has 0 bridgehead atoms. The summed E-state index contributed by atoms with van der Waals surface area (Å²) in [4.78, 5) is 44.4. The van der Waals surface area contributed by atoms with Gasteiger partial charge < -0.3 is 9.64 Å². The Kier molecular flexibility index (Phi) is 6.82. The molecule has 0 unspecified atom stereocenters. The Morgan fingerprint density at radius 2 is 1.89 bits per heavy atom. The Morgan fingerprint density at radius 3 is 2.61 bits per heavy atom. The van der Waals surface area contributed by atoms with E-state index in [1.165, 1.54) is 28.0 Å². The summed E-state index contributed by atoms with van der Waals surface area (Å²) in [6, 6.07) is 9.90. The highest BCUT2D eigenvalue weighted by Crippen LogP contribution is 2.26. The van der Waals surface area contributed by atoms with Crippen molar-refractivity contribution in [2.45, 2.75) is 31.5 Å². The molecule has 188 valence electrons.